The zero-order valence-corrected chi connectivity index (χ0v) is 9.18. The molecule has 0 unspecified atom stereocenters. The number of rotatable bonds is 3. The Morgan fingerprint density at radius 1 is 1.23 bits per heavy atom. The summed E-state index contributed by atoms with van der Waals surface area (Å²) >= 11 is 0. The molecule has 1 rings (SSSR count). The Morgan fingerprint density at radius 3 is 2.15 bits per heavy atom. The summed E-state index contributed by atoms with van der Waals surface area (Å²) in [6.07, 6.45) is 6.60. The van der Waals surface area contributed by atoms with E-state index in [4.69, 9.17) is 10.7 Å². The van der Waals surface area contributed by atoms with E-state index in [0.717, 1.165) is 5.92 Å². The van der Waals surface area contributed by atoms with Crippen LogP contribution in [0.15, 0.2) is 0 Å². The number of nitrogens with two attached hydrogens (primary N) is 1. The average Bonchev–Trinajstić information content (AvgIpc) is 2.18. The standard InChI is InChI=1S/C11H23NO/c1-4-9-5-7-10(8-6-9)11(2,3)13-12/h9-10H,4-8,12H2,1-3H3. The van der Waals surface area contributed by atoms with Gasteiger partial charge >= 0.3 is 0 Å². The molecule has 1 aliphatic rings. The van der Waals surface area contributed by atoms with Gasteiger partial charge in [0.2, 0.25) is 0 Å². The molecular formula is C11H23NO. The fourth-order valence-corrected chi connectivity index (χ4v) is 2.36. The minimum Gasteiger partial charge on any atom is -0.298 e. The maximum absolute atomic E-state index is 5.30. The van der Waals surface area contributed by atoms with E-state index >= 15 is 0 Å². The topological polar surface area (TPSA) is 35.2 Å². The van der Waals surface area contributed by atoms with Crippen molar-refractivity contribution < 1.29 is 4.84 Å². The highest BCUT2D eigenvalue weighted by Crippen LogP contribution is 2.37. The minimum atomic E-state index is -0.126. The predicted molar refractivity (Wildman–Crippen MR) is 55.1 cm³/mol. The van der Waals surface area contributed by atoms with Crippen molar-refractivity contribution in [1.29, 1.82) is 0 Å². The normalized spacial score (nSPS) is 30.5. The molecular weight excluding hydrogens is 162 g/mol. The van der Waals surface area contributed by atoms with Crippen LogP contribution in [0, 0.1) is 11.8 Å². The van der Waals surface area contributed by atoms with Crippen LogP contribution in [-0.2, 0) is 4.84 Å². The van der Waals surface area contributed by atoms with Gasteiger partial charge in [0.1, 0.15) is 0 Å². The molecule has 0 atom stereocenters. The van der Waals surface area contributed by atoms with E-state index in [1.807, 2.05) is 0 Å². The van der Waals surface area contributed by atoms with Gasteiger partial charge in [0.05, 0.1) is 5.60 Å². The first-order chi connectivity index (χ1) is 6.10. The Bertz CT molecular complexity index is 148. The second-order valence-corrected chi connectivity index (χ2v) is 4.85. The summed E-state index contributed by atoms with van der Waals surface area (Å²) in [5, 5.41) is 0. The van der Waals surface area contributed by atoms with Crippen molar-refractivity contribution in [2.75, 3.05) is 0 Å². The molecule has 1 aliphatic carbocycles. The Morgan fingerprint density at radius 2 is 1.77 bits per heavy atom. The van der Waals surface area contributed by atoms with Crippen LogP contribution in [0.1, 0.15) is 52.9 Å². The highest BCUT2D eigenvalue weighted by molar-refractivity contribution is 4.83. The van der Waals surface area contributed by atoms with Gasteiger partial charge in [-0.3, -0.25) is 4.84 Å². The van der Waals surface area contributed by atoms with Crippen LogP contribution in [0.3, 0.4) is 0 Å². The Hall–Kier alpha value is -0.0800. The molecule has 78 valence electrons. The maximum Gasteiger partial charge on any atom is 0.0865 e. The molecule has 0 aromatic rings. The molecule has 2 heteroatoms. The van der Waals surface area contributed by atoms with E-state index < -0.39 is 0 Å². The van der Waals surface area contributed by atoms with Crippen LogP contribution in [0.4, 0.5) is 0 Å². The van der Waals surface area contributed by atoms with Gasteiger partial charge in [-0.05, 0) is 38.5 Å². The van der Waals surface area contributed by atoms with Gasteiger partial charge in [-0.2, -0.15) is 0 Å². The number of hydrogen-bond donors (Lipinski definition) is 1. The highest BCUT2D eigenvalue weighted by atomic mass is 16.6. The molecule has 0 aromatic carbocycles. The Balaban J connectivity index is 2.40. The van der Waals surface area contributed by atoms with Crippen LogP contribution in [0.5, 0.6) is 0 Å². The van der Waals surface area contributed by atoms with Crippen molar-refractivity contribution in [3.8, 4) is 0 Å². The van der Waals surface area contributed by atoms with E-state index in [1.165, 1.54) is 32.1 Å². The van der Waals surface area contributed by atoms with Gasteiger partial charge in [-0.15, -0.1) is 0 Å². The van der Waals surface area contributed by atoms with Gasteiger partial charge in [0, 0.05) is 0 Å². The molecule has 2 nitrogen and oxygen atoms in total. The molecule has 0 radical (unpaired) electrons. The Kier molecular flexibility index (Phi) is 3.74. The van der Waals surface area contributed by atoms with E-state index in [2.05, 4.69) is 20.8 Å². The van der Waals surface area contributed by atoms with Gasteiger partial charge in [0.25, 0.3) is 0 Å². The van der Waals surface area contributed by atoms with Crippen LogP contribution in [-0.4, -0.2) is 5.60 Å². The lowest BCUT2D eigenvalue weighted by molar-refractivity contribution is -0.0760. The molecule has 0 aliphatic heterocycles. The molecule has 0 spiro atoms. The lowest BCUT2D eigenvalue weighted by Gasteiger charge is -2.37. The fraction of sp³-hybridized carbons (Fsp3) is 1.00. The van der Waals surface area contributed by atoms with E-state index in [0.29, 0.717) is 5.92 Å². The molecule has 0 amide bonds. The first-order valence-electron chi connectivity index (χ1n) is 5.48. The van der Waals surface area contributed by atoms with Crippen molar-refractivity contribution in [1.82, 2.24) is 0 Å². The third kappa shape index (κ3) is 2.68. The van der Waals surface area contributed by atoms with Gasteiger partial charge in [0.15, 0.2) is 0 Å². The Labute approximate surface area is 81.8 Å². The van der Waals surface area contributed by atoms with Gasteiger partial charge in [-0.25, -0.2) is 5.90 Å². The lowest BCUT2D eigenvalue weighted by atomic mass is 9.74. The van der Waals surface area contributed by atoms with Crippen LogP contribution >= 0.6 is 0 Å². The summed E-state index contributed by atoms with van der Waals surface area (Å²) in [7, 11) is 0. The fourth-order valence-electron chi connectivity index (χ4n) is 2.36. The number of hydrogen-bond acceptors (Lipinski definition) is 2. The van der Waals surface area contributed by atoms with Crippen molar-refractivity contribution in [2.45, 2.75) is 58.5 Å². The zero-order chi connectivity index (χ0) is 9.90. The second kappa shape index (κ2) is 4.43. The van der Waals surface area contributed by atoms with Crippen LogP contribution < -0.4 is 5.90 Å². The van der Waals surface area contributed by atoms with Crippen molar-refractivity contribution in [2.24, 2.45) is 17.7 Å². The SMILES string of the molecule is CCC1CCC(C(C)(C)ON)CC1. The summed E-state index contributed by atoms with van der Waals surface area (Å²) in [6.45, 7) is 6.49. The third-order valence-corrected chi connectivity index (χ3v) is 3.71. The highest BCUT2D eigenvalue weighted by Gasteiger charge is 2.33. The van der Waals surface area contributed by atoms with Crippen LogP contribution in [0.25, 0.3) is 0 Å². The van der Waals surface area contributed by atoms with E-state index in [-0.39, 0.29) is 5.60 Å². The summed E-state index contributed by atoms with van der Waals surface area (Å²) < 4.78 is 0. The van der Waals surface area contributed by atoms with Gasteiger partial charge in [-0.1, -0.05) is 26.2 Å². The molecule has 1 saturated carbocycles. The summed E-state index contributed by atoms with van der Waals surface area (Å²) in [6, 6.07) is 0. The smallest absolute Gasteiger partial charge is 0.0865 e. The first kappa shape index (κ1) is 11.0. The monoisotopic (exact) mass is 185 g/mol. The second-order valence-electron chi connectivity index (χ2n) is 4.85. The first-order valence-corrected chi connectivity index (χ1v) is 5.48. The predicted octanol–water partition coefficient (Wildman–Crippen LogP) is 2.87. The largest absolute Gasteiger partial charge is 0.298 e. The van der Waals surface area contributed by atoms with Crippen molar-refractivity contribution in [3.63, 3.8) is 0 Å². The molecule has 0 aromatic heterocycles. The summed E-state index contributed by atoms with van der Waals surface area (Å²) in [5.74, 6) is 6.91. The quantitative estimate of drug-likeness (QED) is 0.686. The molecule has 2 N–H and O–H groups in total. The minimum absolute atomic E-state index is 0.126. The third-order valence-electron chi connectivity index (χ3n) is 3.71. The van der Waals surface area contributed by atoms with Crippen molar-refractivity contribution in [3.05, 3.63) is 0 Å². The van der Waals surface area contributed by atoms with Crippen LogP contribution in [0.2, 0.25) is 0 Å². The maximum atomic E-state index is 5.30. The molecule has 0 bridgehead atoms. The molecule has 0 saturated heterocycles. The molecule has 1 fully saturated rings. The average molecular weight is 185 g/mol. The molecule has 13 heavy (non-hydrogen) atoms. The summed E-state index contributed by atoms with van der Waals surface area (Å²) in [5.41, 5.74) is -0.126. The van der Waals surface area contributed by atoms with Gasteiger partial charge < -0.3 is 0 Å². The zero-order valence-electron chi connectivity index (χ0n) is 9.18. The van der Waals surface area contributed by atoms with E-state index in [9.17, 15) is 0 Å². The summed E-state index contributed by atoms with van der Waals surface area (Å²) in [4.78, 5) is 5.05. The van der Waals surface area contributed by atoms with E-state index in [1.54, 1.807) is 0 Å². The lowest BCUT2D eigenvalue weighted by Crippen LogP contribution is -2.39. The van der Waals surface area contributed by atoms with Crippen molar-refractivity contribution >= 4 is 0 Å². The molecule has 0 heterocycles.